The molecular formula is C58H41NO. The van der Waals surface area contributed by atoms with Gasteiger partial charge in [-0.15, -0.1) is 0 Å². The third-order valence-corrected chi connectivity index (χ3v) is 13.3. The van der Waals surface area contributed by atoms with Gasteiger partial charge in [0.05, 0.1) is 11.1 Å². The Labute approximate surface area is 350 Å². The maximum atomic E-state index is 6.54. The van der Waals surface area contributed by atoms with Crippen LogP contribution < -0.4 is 4.90 Å². The molecule has 1 aromatic heterocycles. The van der Waals surface area contributed by atoms with Crippen molar-refractivity contribution in [2.24, 2.45) is 0 Å². The van der Waals surface area contributed by atoms with Crippen LogP contribution in [0.5, 0.6) is 0 Å². The van der Waals surface area contributed by atoms with E-state index >= 15 is 0 Å². The first-order valence-electron chi connectivity index (χ1n) is 20.9. The first-order chi connectivity index (χ1) is 29.5. The van der Waals surface area contributed by atoms with Crippen molar-refractivity contribution in [2.75, 3.05) is 4.90 Å². The van der Waals surface area contributed by atoms with Crippen molar-refractivity contribution in [2.45, 2.75) is 24.7 Å². The van der Waals surface area contributed by atoms with Gasteiger partial charge in [-0.1, -0.05) is 184 Å². The molecule has 1 atom stereocenters. The van der Waals surface area contributed by atoms with Gasteiger partial charge in [-0.2, -0.15) is 0 Å². The molecule has 60 heavy (non-hydrogen) atoms. The van der Waals surface area contributed by atoms with Crippen molar-refractivity contribution in [1.82, 2.24) is 0 Å². The fourth-order valence-electron chi connectivity index (χ4n) is 10.7. The van der Waals surface area contributed by atoms with Crippen LogP contribution in [0.15, 0.2) is 217 Å². The number of fused-ring (bicyclic) bond motifs is 12. The van der Waals surface area contributed by atoms with Crippen LogP contribution in [-0.4, -0.2) is 0 Å². The van der Waals surface area contributed by atoms with Gasteiger partial charge in [-0.05, 0) is 97.6 Å². The second-order valence-corrected chi connectivity index (χ2v) is 16.8. The topological polar surface area (TPSA) is 16.4 Å². The Hall–Kier alpha value is -7.42. The molecule has 284 valence electrons. The predicted molar refractivity (Wildman–Crippen MR) is 249 cm³/mol. The van der Waals surface area contributed by atoms with Crippen LogP contribution in [0.3, 0.4) is 0 Å². The number of rotatable bonds is 5. The molecule has 2 heteroatoms. The fraction of sp³-hybridized carbons (Fsp3) is 0.0690. The minimum atomic E-state index is -0.517. The first kappa shape index (κ1) is 34.6. The zero-order valence-electron chi connectivity index (χ0n) is 33.6. The summed E-state index contributed by atoms with van der Waals surface area (Å²) in [5.41, 5.74) is 19.7. The number of nitrogens with zero attached hydrogens (tertiary/aromatic N) is 1. The van der Waals surface area contributed by atoms with Crippen molar-refractivity contribution in [1.29, 1.82) is 0 Å². The van der Waals surface area contributed by atoms with Gasteiger partial charge in [-0.3, -0.25) is 0 Å². The molecule has 1 spiro atoms. The molecule has 1 heterocycles. The first-order valence-corrected chi connectivity index (χ1v) is 20.9. The number of benzene rings is 9. The maximum absolute atomic E-state index is 6.54. The lowest BCUT2D eigenvalue weighted by Gasteiger charge is -2.47. The third kappa shape index (κ3) is 4.82. The zero-order valence-corrected chi connectivity index (χ0v) is 33.6. The highest BCUT2D eigenvalue weighted by atomic mass is 16.3. The molecule has 12 rings (SSSR count). The number of para-hydroxylation sites is 2. The molecule has 10 aromatic rings. The van der Waals surface area contributed by atoms with Crippen molar-refractivity contribution >= 4 is 39.0 Å². The largest absolute Gasteiger partial charge is 0.456 e. The molecule has 2 nitrogen and oxygen atoms in total. The Bertz CT molecular complexity index is 3300. The average molecular weight is 768 g/mol. The molecule has 0 N–H and O–H groups in total. The fourth-order valence-corrected chi connectivity index (χ4v) is 10.7. The monoisotopic (exact) mass is 767 g/mol. The van der Waals surface area contributed by atoms with Gasteiger partial charge in [-0.25, -0.2) is 0 Å². The molecule has 0 saturated carbocycles. The summed E-state index contributed by atoms with van der Waals surface area (Å²) >= 11 is 0. The van der Waals surface area contributed by atoms with E-state index in [1.165, 1.54) is 61.2 Å². The Balaban J connectivity index is 1.15. The summed E-state index contributed by atoms with van der Waals surface area (Å²) in [6.45, 7) is 4.82. The molecule has 0 radical (unpaired) electrons. The van der Waals surface area contributed by atoms with E-state index in [4.69, 9.17) is 4.42 Å². The van der Waals surface area contributed by atoms with Crippen molar-refractivity contribution < 1.29 is 4.42 Å². The van der Waals surface area contributed by atoms with Crippen LogP contribution in [0.2, 0.25) is 0 Å². The summed E-state index contributed by atoms with van der Waals surface area (Å²) < 4.78 is 6.54. The smallest absolute Gasteiger partial charge is 0.137 e. The molecular weight excluding hydrogens is 727 g/mol. The highest BCUT2D eigenvalue weighted by Crippen LogP contribution is 2.64. The third-order valence-electron chi connectivity index (χ3n) is 13.3. The lowest BCUT2D eigenvalue weighted by Crippen LogP contribution is -2.40. The van der Waals surface area contributed by atoms with Crippen molar-refractivity contribution in [3.05, 3.63) is 246 Å². The molecule has 1 unspecified atom stereocenters. The number of hydrogen-bond acceptors (Lipinski definition) is 2. The Morgan fingerprint density at radius 1 is 0.367 bits per heavy atom. The van der Waals surface area contributed by atoms with Crippen molar-refractivity contribution in [3.8, 4) is 33.4 Å². The number of furan rings is 1. The second-order valence-electron chi connectivity index (χ2n) is 16.8. The van der Waals surface area contributed by atoms with Crippen LogP contribution in [0, 0.1) is 0 Å². The van der Waals surface area contributed by atoms with Crippen LogP contribution in [0.1, 0.15) is 47.2 Å². The van der Waals surface area contributed by atoms with E-state index in [0.717, 1.165) is 44.6 Å². The van der Waals surface area contributed by atoms with Gasteiger partial charge in [0.2, 0.25) is 0 Å². The number of anilines is 3. The van der Waals surface area contributed by atoms with E-state index in [1.807, 2.05) is 6.07 Å². The van der Waals surface area contributed by atoms with Crippen LogP contribution in [0.4, 0.5) is 17.1 Å². The summed E-state index contributed by atoms with van der Waals surface area (Å²) in [7, 11) is 0. The summed E-state index contributed by atoms with van der Waals surface area (Å²) in [5.74, 6) is 0. The second kappa shape index (κ2) is 13.0. The summed E-state index contributed by atoms with van der Waals surface area (Å²) in [5, 5.41) is 2.24. The molecule has 0 bridgehead atoms. The average Bonchev–Trinajstić information content (AvgIpc) is 3.83. The van der Waals surface area contributed by atoms with E-state index in [0.29, 0.717) is 0 Å². The highest BCUT2D eigenvalue weighted by molar-refractivity contribution is 6.06. The van der Waals surface area contributed by atoms with E-state index < -0.39 is 5.41 Å². The maximum Gasteiger partial charge on any atom is 0.137 e. The molecule has 0 fully saturated rings. The van der Waals surface area contributed by atoms with Gasteiger partial charge in [0, 0.05) is 39.2 Å². The summed E-state index contributed by atoms with van der Waals surface area (Å²) in [6, 6.07) is 78.0. The van der Waals surface area contributed by atoms with E-state index in [2.05, 4.69) is 225 Å². The minimum Gasteiger partial charge on any atom is -0.456 e. The lowest BCUT2D eigenvalue weighted by atomic mass is 9.55. The molecule has 0 aliphatic heterocycles. The minimum absolute atomic E-state index is 0.310. The quantitative estimate of drug-likeness (QED) is 0.173. The SMILES string of the molecule is CC1(C)c2ccccc2C2(c3ccccc3-c3c(-c4ccccc4)cccc32)c2ccc(N(c3ccc4c(c3)oc3ccccc34)c3ccccc3-c3ccccc3)cc21. The van der Waals surface area contributed by atoms with Gasteiger partial charge < -0.3 is 9.32 Å². The van der Waals surface area contributed by atoms with E-state index in [-0.39, 0.29) is 5.41 Å². The Morgan fingerprint density at radius 2 is 0.917 bits per heavy atom. The normalized spacial score (nSPS) is 15.7. The van der Waals surface area contributed by atoms with Gasteiger partial charge >= 0.3 is 0 Å². The van der Waals surface area contributed by atoms with Gasteiger partial charge in [0.1, 0.15) is 11.2 Å². The molecule has 2 aliphatic rings. The highest BCUT2D eigenvalue weighted by Gasteiger charge is 2.53. The van der Waals surface area contributed by atoms with Crippen LogP contribution in [0.25, 0.3) is 55.3 Å². The Kier molecular flexibility index (Phi) is 7.52. The summed E-state index contributed by atoms with van der Waals surface area (Å²) in [6.07, 6.45) is 0. The van der Waals surface area contributed by atoms with Gasteiger partial charge in [0.25, 0.3) is 0 Å². The summed E-state index contributed by atoms with van der Waals surface area (Å²) in [4.78, 5) is 2.43. The lowest BCUT2D eigenvalue weighted by molar-refractivity contribution is 0.563. The van der Waals surface area contributed by atoms with Crippen LogP contribution >= 0.6 is 0 Å². The molecule has 0 saturated heterocycles. The Morgan fingerprint density at radius 3 is 1.72 bits per heavy atom. The predicted octanol–water partition coefficient (Wildman–Crippen LogP) is 15.4. The standard InChI is InChI=1S/C58H41NO/c1-57(2)48-27-13-14-28-49(48)58(47-26-12-9-24-46(47)56-43(25-17-29-51(56)58)39-20-7-4-8-21-39)50-35-33-40(36-52(50)57)59(53-30-15-10-22-42(53)38-18-5-3-6-19-38)41-32-34-45-44-23-11-16-31-54(44)60-55(45)37-41/h3-37H,1-2H3. The molecule has 0 amide bonds. The zero-order chi connectivity index (χ0) is 40.0. The van der Waals surface area contributed by atoms with Crippen molar-refractivity contribution in [3.63, 3.8) is 0 Å². The van der Waals surface area contributed by atoms with E-state index in [1.54, 1.807) is 0 Å². The van der Waals surface area contributed by atoms with E-state index in [9.17, 15) is 0 Å². The van der Waals surface area contributed by atoms with Crippen LogP contribution in [-0.2, 0) is 10.8 Å². The molecule has 2 aliphatic carbocycles. The molecule has 9 aromatic carbocycles. The number of hydrogen-bond donors (Lipinski definition) is 0. The van der Waals surface area contributed by atoms with Gasteiger partial charge in [0.15, 0.2) is 0 Å².